The lowest BCUT2D eigenvalue weighted by molar-refractivity contribution is 0.0553. The number of rotatable bonds is 5. The van der Waals surface area contributed by atoms with E-state index >= 15 is 0 Å². The minimum atomic E-state index is 0.0909. The molecule has 2 aliphatic rings. The Labute approximate surface area is 170 Å². The second kappa shape index (κ2) is 7.37. The van der Waals surface area contributed by atoms with Gasteiger partial charge in [0.25, 0.3) is 5.91 Å². The number of fused-ring (bicyclic) bond motifs is 3. The topological polar surface area (TPSA) is 50.6 Å². The number of benzene rings is 1. The zero-order valence-electron chi connectivity index (χ0n) is 16.4. The number of hydrogen-bond acceptors (Lipinski definition) is 4. The zero-order valence-corrected chi connectivity index (χ0v) is 16.4. The highest BCUT2D eigenvalue weighted by molar-refractivity contribution is 5.94. The summed E-state index contributed by atoms with van der Waals surface area (Å²) >= 11 is 0. The summed E-state index contributed by atoms with van der Waals surface area (Å²) in [6.45, 7) is 3.18. The highest BCUT2D eigenvalue weighted by atomic mass is 16.5. The lowest BCUT2D eigenvalue weighted by Gasteiger charge is -2.38. The molecule has 1 amide bonds. The number of hydrogen-bond donors (Lipinski definition) is 0. The van der Waals surface area contributed by atoms with Crippen LogP contribution in [0.15, 0.2) is 67.0 Å². The zero-order chi connectivity index (χ0) is 19.8. The molecule has 29 heavy (non-hydrogen) atoms. The number of ether oxygens (including phenoxy) is 1. The third-order valence-corrected chi connectivity index (χ3v) is 5.97. The molecule has 1 aromatic carbocycles. The van der Waals surface area contributed by atoms with E-state index in [0.717, 1.165) is 36.8 Å². The fourth-order valence-corrected chi connectivity index (χ4v) is 4.56. The Morgan fingerprint density at radius 2 is 1.83 bits per heavy atom. The number of pyridine rings is 1. The van der Waals surface area contributed by atoms with E-state index in [-0.39, 0.29) is 18.0 Å². The van der Waals surface area contributed by atoms with Crippen molar-refractivity contribution in [1.82, 2.24) is 19.4 Å². The fraction of sp³-hybridized carbons (Fsp3) is 0.304. The molecule has 0 N–H and O–H groups in total. The third-order valence-electron chi connectivity index (χ3n) is 5.97. The van der Waals surface area contributed by atoms with Crippen LogP contribution < -0.4 is 4.74 Å². The second-order valence-electron chi connectivity index (χ2n) is 7.73. The number of amides is 1. The van der Waals surface area contributed by atoms with E-state index in [1.165, 1.54) is 5.56 Å². The minimum Gasteiger partial charge on any atom is -0.497 e. The van der Waals surface area contributed by atoms with Gasteiger partial charge < -0.3 is 14.2 Å². The Morgan fingerprint density at radius 3 is 2.59 bits per heavy atom. The van der Waals surface area contributed by atoms with Crippen molar-refractivity contribution in [2.75, 3.05) is 20.2 Å². The molecule has 4 heterocycles. The predicted molar refractivity (Wildman–Crippen MR) is 110 cm³/mol. The number of methoxy groups -OCH3 is 1. The molecule has 2 aromatic heterocycles. The quantitative estimate of drug-likeness (QED) is 0.674. The molecule has 6 heteroatoms. The molecule has 6 nitrogen and oxygen atoms in total. The van der Waals surface area contributed by atoms with Gasteiger partial charge in [0.05, 0.1) is 31.4 Å². The maximum absolute atomic E-state index is 13.2. The summed E-state index contributed by atoms with van der Waals surface area (Å²) in [6.07, 6.45) is 3.83. The Kier molecular flexibility index (Phi) is 4.56. The molecule has 5 rings (SSSR count). The number of carbonyl (C=O) groups excluding carboxylic acids is 1. The van der Waals surface area contributed by atoms with Crippen LogP contribution in [0.2, 0.25) is 0 Å². The van der Waals surface area contributed by atoms with Gasteiger partial charge in [-0.25, -0.2) is 0 Å². The van der Waals surface area contributed by atoms with Gasteiger partial charge in [-0.2, -0.15) is 0 Å². The number of likely N-dealkylation sites (tertiary alicyclic amines) is 1. The molecule has 0 saturated carbocycles. The van der Waals surface area contributed by atoms with Crippen molar-refractivity contribution in [2.24, 2.45) is 0 Å². The van der Waals surface area contributed by atoms with E-state index in [1.54, 1.807) is 13.3 Å². The first-order valence-electron chi connectivity index (χ1n) is 9.96. The molecule has 0 spiro atoms. The van der Waals surface area contributed by atoms with Crippen molar-refractivity contribution in [3.05, 3.63) is 83.9 Å². The average molecular weight is 388 g/mol. The van der Waals surface area contributed by atoms with Crippen LogP contribution >= 0.6 is 0 Å². The molecule has 0 bridgehead atoms. The van der Waals surface area contributed by atoms with Crippen molar-refractivity contribution in [1.29, 1.82) is 0 Å². The lowest BCUT2D eigenvalue weighted by atomic mass is 10.1. The molecular formula is C23H24N4O2. The van der Waals surface area contributed by atoms with E-state index in [4.69, 9.17) is 4.74 Å². The first-order chi connectivity index (χ1) is 14.2. The first kappa shape index (κ1) is 17.9. The number of nitrogens with zero attached hydrogens (tertiary/aromatic N) is 4. The highest BCUT2D eigenvalue weighted by Gasteiger charge is 2.44. The van der Waals surface area contributed by atoms with Crippen LogP contribution in [0.5, 0.6) is 5.75 Å². The van der Waals surface area contributed by atoms with Crippen LogP contribution in [-0.2, 0) is 13.1 Å². The molecule has 2 aliphatic heterocycles. The first-order valence-corrected chi connectivity index (χ1v) is 9.96. The SMILES string of the molecule is COc1ccc(CN2C[C@H]3[C@H](C2)n2cccc2C(=O)N3Cc2ccccn2)cc1. The van der Waals surface area contributed by atoms with E-state index in [0.29, 0.717) is 6.54 Å². The van der Waals surface area contributed by atoms with Crippen molar-refractivity contribution in [3.8, 4) is 5.75 Å². The van der Waals surface area contributed by atoms with Gasteiger partial charge in [-0.1, -0.05) is 18.2 Å². The summed E-state index contributed by atoms with van der Waals surface area (Å²) in [5, 5.41) is 0. The molecule has 0 radical (unpaired) electrons. The highest BCUT2D eigenvalue weighted by Crippen LogP contribution is 2.35. The van der Waals surface area contributed by atoms with Gasteiger partial charge in [0.2, 0.25) is 0 Å². The average Bonchev–Trinajstić information content (AvgIpc) is 3.40. The van der Waals surface area contributed by atoms with Gasteiger partial charge >= 0.3 is 0 Å². The van der Waals surface area contributed by atoms with Crippen molar-refractivity contribution >= 4 is 5.91 Å². The second-order valence-corrected chi connectivity index (χ2v) is 7.73. The van der Waals surface area contributed by atoms with E-state index < -0.39 is 0 Å². The molecule has 0 aliphatic carbocycles. The van der Waals surface area contributed by atoms with Gasteiger partial charge in [-0.3, -0.25) is 14.7 Å². The van der Waals surface area contributed by atoms with Gasteiger partial charge in [0, 0.05) is 32.0 Å². The Bertz CT molecular complexity index is 999. The molecule has 3 aromatic rings. The van der Waals surface area contributed by atoms with Crippen LogP contribution in [0.3, 0.4) is 0 Å². The lowest BCUT2D eigenvalue weighted by Crippen LogP contribution is -2.49. The summed E-state index contributed by atoms with van der Waals surface area (Å²) in [4.78, 5) is 22.1. The Hall–Kier alpha value is -3.12. The predicted octanol–water partition coefficient (Wildman–Crippen LogP) is 2.97. The summed E-state index contributed by atoms with van der Waals surface area (Å²) in [6, 6.07) is 18.4. The third kappa shape index (κ3) is 3.29. The Morgan fingerprint density at radius 1 is 1.00 bits per heavy atom. The molecular weight excluding hydrogens is 364 g/mol. The van der Waals surface area contributed by atoms with Gasteiger partial charge in [0.15, 0.2) is 0 Å². The summed E-state index contributed by atoms with van der Waals surface area (Å²) in [5.74, 6) is 0.959. The fourth-order valence-electron chi connectivity index (χ4n) is 4.56. The molecule has 1 saturated heterocycles. The maximum atomic E-state index is 13.2. The molecule has 2 atom stereocenters. The van der Waals surface area contributed by atoms with Gasteiger partial charge in [-0.05, 0) is 42.0 Å². The van der Waals surface area contributed by atoms with Crippen molar-refractivity contribution in [2.45, 2.75) is 25.2 Å². The summed E-state index contributed by atoms with van der Waals surface area (Å²) in [5.41, 5.74) is 2.95. The molecule has 0 unspecified atom stereocenters. The molecule has 1 fully saturated rings. The van der Waals surface area contributed by atoms with Gasteiger partial charge in [0.1, 0.15) is 11.4 Å². The minimum absolute atomic E-state index is 0.0909. The largest absolute Gasteiger partial charge is 0.497 e. The maximum Gasteiger partial charge on any atom is 0.271 e. The monoisotopic (exact) mass is 388 g/mol. The number of aromatic nitrogens is 2. The van der Waals surface area contributed by atoms with Crippen LogP contribution in [0, 0.1) is 0 Å². The van der Waals surface area contributed by atoms with Crippen LogP contribution in [0.25, 0.3) is 0 Å². The van der Waals surface area contributed by atoms with Crippen LogP contribution in [0.4, 0.5) is 0 Å². The smallest absolute Gasteiger partial charge is 0.271 e. The van der Waals surface area contributed by atoms with Gasteiger partial charge in [-0.15, -0.1) is 0 Å². The molecule has 148 valence electrons. The van der Waals surface area contributed by atoms with E-state index in [1.807, 2.05) is 53.6 Å². The normalized spacial score (nSPS) is 21.1. The summed E-state index contributed by atoms with van der Waals surface area (Å²) < 4.78 is 7.42. The number of carbonyl (C=O) groups is 1. The van der Waals surface area contributed by atoms with Crippen LogP contribution in [-0.4, -0.2) is 51.5 Å². The summed E-state index contributed by atoms with van der Waals surface area (Å²) in [7, 11) is 1.68. The van der Waals surface area contributed by atoms with E-state index in [2.05, 4.69) is 26.6 Å². The van der Waals surface area contributed by atoms with Crippen LogP contribution in [0.1, 0.15) is 27.8 Å². The standard InChI is InChI=1S/C23H24N4O2/c1-29-19-9-7-17(8-10-19)13-25-15-21-22(16-25)27(14-18-5-2-3-11-24-18)23(28)20-6-4-12-26(20)21/h2-12,21-22H,13-16H2,1H3/t21-,22-/m0/s1. The van der Waals surface area contributed by atoms with Crippen molar-refractivity contribution in [3.63, 3.8) is 0 Å². The van der Waals surface area contributed by atoms with E-state index in [9.17, 15) is 4.79 Å². The Balaban J connectivity index is 1.40. The van der Waals surface area contributed by atoms with Crippen molar-refractivity contribution < 1.29 is 9.53 Å².